The lowest BCUT2D eigenvalue weighted by Crippen LogP contribution is -2.57. The molecule has 0 aromatic heterocycles. The summed E-state index contributed by atoms with van der Waals surface area (Å²) >= 11 is 0. The molecule has 130 valence electrons. The third-order valence-electron chi connectivity index (χ3n) is 9.10. The van der Waals surface area contributed by atoms with E-state index in [1.165, 1.54) is 44.9 Å². The molecule has 0 aliphatic heterocycles. The number of aliphatic hydroxyl groups is 1. The van der Waals surface area contributed by atoms with Gasteiger partial charge in [-0.15, -0.1) is 0 Å². The fourth-order valence-corrected chi connectivity index (χ4v) is 7.81. The highest BCUT2D eigenvalue weighted by atomic mass is 16.3. The van der Waals surface area contributed by atoms with E-state index in [9.17, 15) is 9.90 Å². The van der Waals surface area contributed by atoms with Crippen LogP contribution >= 0.6 is 0 Å². The topological polar surface area (TPSA) is 37.3 Å². The van der Waals surface area contributed by atoms with Gasteiger partial charge in [-0.1, -0.05) is 26.7 Å². The molecule has 0 aromatic carbocycles. The Morgan fingerprint density at radius 1 is 1.04 bits per heavy atom. The van der Waals surface area contributed by atoms with Crippen molar-refractivity contribution in [3.8, 4) is 0 Å². The van der Waals surface area contributed by atoms with Gasteiger partial charge in [0, 0.05) is 11.8 Å². The van der Waals surface area contributed by atoms with Crippen molar-refractivity contribution in [3.63, 3.8) is 0 Å². The van der Waals surface area contributed by atoms with Gasteiger partial charge < -0.3 is 5.11 Å². The first-order valence-electron chi connectivity index (χ1n) is 10.1. The molecule has 0 amide bonds. The number of fused-ring (bicyclic) bond motifs is 5. The first-order chi connectivity index (χ1) is 10.9. The number of carbonyl (C=O) groups is 1. The third kappa shape index (κ3) is 2.06. The van der Waals surface area contributed by atoms with E-state index < -0.39 is 0 Å². The molecule has 4 fully saturated rings. The van der Waals surface area contributed by atoms with Crippen molar-refractivity contribution in [2.45, 2.75) is 84.7 Å². The summed E-state index contributed by atoms with van der Waals surface area (Å²) in [5.74, 6) is 3.44. The SMILES string of the molecule is CC(O)[C@H]1CC[C@H]2[C@@H]3CC[C@H]4CCCC[C@]4(C)[C@H]3CC(=O)[C@]12C. The first-order valence-corrected chi connectivity index (χ1v) is 10.1. The molecular weight excluding hydrogens is 284 g/mol. The Bertz CT molecular complexity index is 498. The molecule has 0 spiro atoms. The van der Waals surface area contributed by atoms with E-state index in [0.717, 1.165) is 24.7 Å². The molecule has 4 saturated carbocycles. The van der Waals surface area contributed by atoms with Crippen molar-refractivity contribution >= 4 is 5.78 Å². The number of hydrogen-bond donors (Lipinski definition) is 1. The molecule has 2 nitrogen and oxygen atoms in total. The molecule has 0 bridgehead atoms. The lowest BCUT2D eigenvalue weighted by atomic mass is 9.44. The van der Waals surface area contributed by atoms with Crippen molar-refractivity contribution in [3.05, 3.63) is 0 Å². The summed E-state index contributed by atoms with van der Waals surface area (Å²) in [6, 6.07) is 0. The summed E-state index contributed by atoms with van der Waals surface area (Å²) in [4.78, 5) is 13.3. The maximum Gasteiger partial charge on any atom is 0.139 e. The van der Waals surface area contributed by atoms with Crippen LogP contribution in [0, 0.1) is 40.4 Å². The molecule has 0 heterocycles. The monoisotopic (exact) mass is 318 g/mol. The van der Waals surface area contributed by atoms with Crippen LogP contribution in [0.4, 0.5) is 0 Å². The smallest absolute Gasteiger partial charge is 0.139 e. The maximum absolute atomic E-state index is 13.3. The zero-order chi connectivity index (χ0) is 16.4. The van der Waals surface area contributed by atoms with Crippen LogP contribution < -0.4 is 0 Å². The van der Waals surface area contributed by atoms with Gasteiger partial charge in [-0.05, 0) is 80.5 Å². The minimum Gasteiger partial charge on any atom is -0.393 e. The quantitative estimate of drug-likeness (QED) is 0.767. The van der Waals surface area contributed by atoms with E-state index in [1.54, 1.807) is 0 Å². The van der Waals surface area contributed by atoms with E-state index in [0.29, 0.717) is 23.0 Å². The minimum absolute atomic E-state index is 0.192. The molecule has 4 aliphatic rings. The molecule has 1 N–H and O–H groups in total. The van der Waals surface area contributed by atoms with Gasteiger partial charge in [-0.2, -0.15) is 0 Å². The van der Waals surface area contributed by atoms with E-state index in [-0.39, 0.29) is 17.4 Å². The van der Waals surface area contributed by atoms with E-state index in [1.807, 2.05) is 6.92 Å². The average molecular weight is 319 g/mol. The zero-order valence-electron chi connectivity index (χ0n) is 15.2. The highest BCUT2D eigenvalue weighted by Crippen LogP contribution is 2.66. The van der Waals surface area contributed by atoms with Gasteiger partial charge in [0.2, 0.25) is 0 Å². The second-order valence-corrected chi connectivity index (χ2v) is 9.74. The predicted molar refractivity (Wildman–Crippen MR) is 91.9 cm³/mol. The van der Waals surface area contributed by atoms with E-state index in [4.69, 9.17) is 0 Å². The highest BCUT2D eigenvalue weighted by molar-refractivity contribution is 5.87. The summed E-state index contributed by atoms with van der Waals surface area (Å²) in [6.07, 6.45) is 10.9. The summed E-state index contributed by atoms with van der Waals surface area (Å²) in [6.45, 7) is 6.62. The Labute approximate surface area is 141 Å². The molecular formula is C21H34O2. The Kier molecular flexibility index (Phi) is 3.72. The Morgan fingerprint density at radius 3 is 2.57 bits per heavy atom. The molecule has 2 heteroatoms. The largest absolute Gasteiger partial charge is 0.393 e. The zero-order valence-corrected chi connectivity index (χ0v) is 15.2. The van der Waals surface area contributed by atoms with Crippen LogP contribution in [0.2, 0.25) is 0 Å². The van der Waals surface area contributed by atoms with Gasteiger partial charge in [-0.25, -0.2) is 0 Å². The van der Waals surface area contributed by atoms with Crippen LogP contribution in [0.15, 0.2) is 0 Å². The summed E-state index contributed by atoms with van der Waals surface area (Å²) in [7, 11) is 0. The van der Waals surface area contributed by atoms with Gasteiger partial charge >= 0.3 is 0 Å². The molecule has 23 heavy (non-hydrogen) atoms. The molecule has 4 rings (SSSR count). The average Bonchev–Trinajstić information content (AvgIpc) is 2.87. The minimum atomic E-state index is -0.341. The molecule has 4 aliphatic carbocycles. The van der Waals surface area contributed by atoms with Gasteiger partial charge in [0.1, 0.15) is 5.78 Å². The predicted octanol–water partition coefficient (Wildman–Crippen LogP) is 4.60. The third-order valence-corrected chi connectivity index (χ3v) is 9.10. The number of ketones is 1. The Balaban J connectivity index is 1.68. The number of carbonyl (C=O) groups excluding carboxylic acids is 1. The van der Waals surface area contributed by atoms with Crippen molar-refractivity contribution in [2.24, 2.45) is 40.4 Å². The molecule has 8 atom stereocenters. The van der Waals surface area contributed by atoms with Crippen molar-refractivity contribution in [1.29, 1.82) is 0 Å². The number of Topliss-reactive ketones (excluding diaryl/α,β-unsaturated/α-hetero) is 1. The van der Waals surface area contributed by atoms with Gasteiger partial charge in [-0.3, -0.25) is 4.79 Å². The second kappa shape index (κ2) is 5.31. The van der Waals surface area contributed by atoms with Gasteiger partial charge in [0.15, 0.2) is 0 Å². The lowest BCUT2D eigenvalue weighted by molar-refractivity contribution is -0.159. The van der Waals surface area contributed by atoms with Crippen LogP contribution in [0.1, 0.15) is 78.6 Å². The van der Waals surface area contributed by atoms with Crippen molar-refractivity contribution in [1.82, 2.24) is 0 Å². The van der Waals surface area contributed by atoms with Crippen molar-refractivity contribution < 1.29 is 9.90 Å². The lowest BCUT2D eigenvalue weighted by Gasteiger charge is -2.60. The van der Waals surface area contributed by atoms with Crippen LogP contribution in [-0.4, -0.2) is 17.0 Å². The Morgan fingerprint density at radius 2 is 1.83 bits per heavy atom. The van der Waals surface area contributed by atoms with E-state index in [2.05, 4.69) is 13.8 Å². The van der Waals surface area contributed by atoms with Crippen LogP contribution in [0.5, 0.6) is 0 Å². The molecule has 1 unspecified atom stereocenters. The molecule has 0 saturated heterocycles. The molecule has 0 radical (unpaired) electrons. The highest BCUT2D eigenvalue weighted by Gasteiger charge is 2.63. The van der Waals surface area contributed by atoms with Crippen LogP contribution in [0.25, 0.3) is 0 Å². The van der Waals surface area contributed by atoms with Gasteiger partial charge in [0.05, 0.1) is 6.10 Å². The summed E-state index contributed by atoms with van der Waals surface area (Å²) in [5, 5.41) is 10.3. The van der Waals surface area contributed by atoms with Crippen LogP contribution in [0.3, 0.4) is 0 Å². The molecule has 0 aromatic rings. The summed E-state index contributed by atoms with van der Waals surface area (Å²) in [5.41, 5.74) is 0.175. The summed E-state index contributed by atoms with van der Waals surface area (Å²) < 4.78 is 0. The van der Waals surface area contributed by atoms with Crippen molar-refractivity contribution in [2.75, 3.05) is 0 Å². The standard InChI is InChI=1S/C21H34O2/c1-13(22)16-9-10-17-15-8-7-14-6-4-5-11-20(14,2)18(15)12-19(23)21(16,17)3/h13-18,22H,4-12H2,1-3H3/t13?,14-,15+,16-,17+,18+,20+,21-/m1/s1. The normalized spacial score (nSPS) is 54.1. The number of hydrogen-bond acceptors (Lipinski definition) is 2. The maximum atomic E-state index is 13.3. The van der Waals surface area contributed by atoms with Crippen LogP contribution in [-0.2, 0) is 4.79 Å². The van der Waals surface area contributed by atoms with Gasteiger partial charge in [0.25, 0.3) is 0 Å². The fraction of sp³-hybridized carbons (Fsp3) is 0.952. The first kappa shape index (κ1) is 16.1. The fourth-order valence-electron chi connectivity index (χ4n) is 7.81. The number of aliphatic hydroxyl groups excluding tert-OH is 1. The second-order valence-electron chi connectivity index (χ2n) is 9.74. The Hall–Kier alpha value is -0.370. The number of rotatable bonds is 1. The van der Waals surface area contributed by atoms with E-state index >= 15 is 0 Å².